The zero-order valence-electron chi connectivity index (χ0n) is 11.1. The molecule has 0 atom stereocenters. The third kappa shape index (κ3) is 4.05. The summed E-state index contributed by atoms with van der Waals surface area (Å²) in [5.41, 5.74) is 1.53. The molecule has 0 aromatic heterocycles. The van der Waals surface area contributed by atoms with Crippen molar-refractivity contribution >= 4 is 32.2 Å². The second kappa shape index (κ2) is 6.28. The molecule has 0 fully saturated rings. The number of benzene rings is 2. The Balaban J connectivity index is 2.16. The highest BCUT2D eigenvalue weighted by atomic mass is 79.9. The summed E-state index contributed by atoms with van der Waals surface area (Å²) >= 11 is 3.28. The predicted octanol–water partition coefficient (Wildman–Crippen LogP) is 2.78. The van der Waals surface area contributed by atoms with E-state index in [4.69, 9.17) is 0 Å². The van der Waals surface area contributed by atoms with Crippen LogP contribution in [-0.2, 0) is 10.0 Å². The smallest absolute Gasteiger partial charge is 0.276 e. The molecule has 0 unspecified atom stereocenters. The monoisotopic (exact) mass is 368 g/mol. The largest absolute Gasteiger partial charge is 0.508 e. The maximum absolute atomic E-state index is 12.0. The van der Waals surface area contributed by atoms with Crippen molar-refractivity contribution < 1.29 is 13.5 Å². The van der Waals surface area contributed by atoms with E-state index in [0.717, 1.165) is 5.56 Å². The Morgan fingerprint density at radius 2 is 1.86 bits per heavy atom. The fourth-order valence-electron chi connectivity index (χ4n) is 1.57. The highest BCUT2D eigenvalue weighted by Gasteiger charge is 2.11. The molecule has 21 heavy (non-hydrogen) atoms. The second-order valence-electron chi connectivity index (χ2n) is 4.37. The van der Waals surface area contributed by atoms with Gasteiger partial charge in [-0.2, -0.15) is 13.5 Å². The molecule has 0 heterocycles. The molecular weight excluding hydrogens is 356 g/mol. The van der Waals surface area contributed by atoms with Crippen LogP contribution >= 0.6 is 15.9 Å². The molecule has 7 heteroatoms. The standard InChI is InChI=1S/C14H13BrN2O3S/c1-10-2-5-13(6-3-10)21(19,20)17-16-9-11-8-12(18)4-7-14(11)15/h2-9,17-18H,1H3. The number of sulfonamides is 1. The van der Waals surface area contributed by atoms with Gasteiger partial charge in [-0.3, -0.25) is 0 Å². The number of hydrogen-bond acceptors (Lipinski definition) is 4. The van der Waals surface area contributed by atoms with E-state index in [2.05, 4.69) is 25.9 Å². The van der Waals surface area contributed by atoms with Crippen LogP contribution in [0.15, 0.2) is 56.9 Å². The lowest BCUT2D eigenvalue weighted by Gasteiger charge is -2.04. The van der Waals surface area contributed by atoms with Gasteiger partial charge in [0.1, 0.15) is 5.75 Å². The highest BCUT2D eigenvalue weighted by Crippen LogP contribution is 2.20. The molecule has 0 saturated carbocycles. The summed E-state index contributed by atoms with van der Waals surface area (Å²) in [6.07, 6.45) is 1.32. The molecular formula is C14H13BrN2O3S. The molecule has 0 bridgehead atoms. The number of nitrogens with one attached hydrogen (secondary N) is 1. The van der Waals surface area contributed by atoms with Crippen molar-refractivity contribution in [2.24, 2.45) is 5.10 Å². The molecule has 0 spiro atoms. The first kappa shape index (κ1) is 15.5. The minimum absolute atomic E-state index is 0.0704. The maximum atomic E-state index is 12.0. The Hall–Kier alpha value is -1.86. The minimum atomic E-state index is -3.70. The summed E-state index contributed by atoms with van der Waals surface area (Å²) in [6.45, 7) is 1.88. The van der Waals surface area contributed by atoms with Gasteiger partial charge >= 0.3 is 0 Å². The highest BCUT2D eigenvalue weighted by molar-refractivity contribution is 9.10. The summed E-state index contributed by atoms with van der Waals surface area (Å²) in [6, 6.07) is 11.1. The van der Waals surface area contributed by atoms with Crippen molar-refractivity contribution in [1.29, 1.82) is 0 Å². The van der Waals surface area contributed by atoms with E-state index < -0.39 is 10.0 Å². The lowest BCUT2D eigenvalue weighted by atomic mass is 10.2. The van der Waals surface area contributed by atoms with Crippen molar-refractivity contribution in [3.8, 4) is 5.75 Å². The van der Waals surface area contributed by atoms with E-state index in [9.17, 15) is 13.5 Å². The van der Waals surface area contributed by atoms with E-state index in [1.807, 2.05) is 6.92 Å². The molecule has 0 saturated heterocycles. The summed E-state index contributed by atoms with van der Waals surface area (Å²) in [5.74, 6) is 0.0704. The summed E-state index contributed by atoms with van der Waals surface area (Å²) in [4.78, 5) is 2.27. The van der Waals surface area contributed by atoms with Crippen molar-refractivity contribution in [3.63, 3.8) is 0 Å². The molecule has 0 aliphatic heterocycles. The summed E-state index contributed by atoms with van der Waals surface area (Å²) < 4.78 is 24.7. The predicted molar refractivity (Wildman–Crippen MR) is 84.9 cm³/mol. The maximum Gasteiger partial charge on any atom is 0.276 e. The van der Waals surface area contributed by atoms with Gasteiger partial charge in [0.05, 0.1) is 11.1 Å². The molecule has 0 aliphatic carbocycles. The van der Waals surface area contributed by atoms with E-state index in [-0.39, 0.29) is 10.6 Å². The van der Waals surface area contributed by atoms with Gasteiger partial charge in [0.25, 0.3) is 10.0 Å². The molecule has 2 rings (SSSR count). The van der Waals surface area contributed by atoms with Crippen molar-refractivity contribution in [1.82, 2.24) is 4.83 Å². The number of halogens is 1. The van der Waals surface area contributed by atoms with E-state index in [1.165, 1.54) is 30.5 Å². The number of phenolic OH excluding ortho intramolecular Hbond substituents is 1. The van der Waals surface area contributed by atoms with Crippen LogP contribution in [0, 0.1) is 6.92 Å². The molecule has 0 amide bonds. The van der Waals surface area contributed by atoms with Crippen molar-refractivity contribution in [2.45, 2.75) is 11.8 Å². The lowest BCUT2D eigenvalue weighted by Crippen LogP contribution is -2.18. The van der Waals surface area contributed by atoms with Gasteiger partial charge in [-0.25, -0.2) is 4.83 Å². The Labute approximate surface area is 131 Å². The van der Waals surface area contributed by atoms with Crippen molar-refractivity contribution in [2.75, 3.05) is 0 Å². The van der Waals surface area contributed by atoms with Crippen LogP contribution in [-0.4, -0.2) is 19.7 Å². The fraction of sp³-hybridized carbons (Fsp3) is 0.0714. The van der Waals surface area contributed by atoms with E-state index >= 15 is 0 Å². The Bertz CT molecular complexity index is 771. The zero-order valence-corrected chi connectivity index (χ0v) is 13.5. The number of nitrogens with zero attached hydrogens (tertiary/aromatic N) is 1. The molecule has 0 aliphatic rings. The third-order valence-electron chi connectivity index (χ3n) is 2.69. The van der Waals surface area contributed by atoms with Crippen LogP contribution in [0.3, 0.4) is 0 Å². The van der Waals surface area contributed by atoms with Crippen LogP contribution in [0.25, 0.3) is 0 Å². The van der Waals surface area contributed by atoms with E-state index in [1.54, 1.807) is 18.2 Å². The number of hydrazone groups is 1. The molecule has 2 aromatic carbocycles. The average Bonchev–Trinajstić information content (AvgIpc) is 2.43. The van der Waals surface area contributed by atoms with E-state index in [0.29, 0.717) is 10.0 Å². The van der Waals surface area contributed by atoms with Crippen LogP contribution < -0.4 is 4.83 Å². The quantitative estimate of drug-likeness (QED) is 0.643. The Kier molecular flexibility index (Phi) is 4.64. The lowest BCUT2D eigenvalue weighted by molar-refractivity contribution is 0.475. The Morgan fingerprint density at radius 1 is 1.19 bits per heavy atom. The average molecular weight is 369 g/mol. The molecule has 2 N–H and O–H groups in total. The first-order valence-electron chi connectivity index (χ1n) is 5.98. The van der Waals surface area contributed by atoms with Gasteiger partial charge in [0, 0.05) is 10.0 Å². The normalized spacial score (nSPS) is 11.7. The van der Waals surface area contributed by atoms with Crippen LogP contribution in [0.4, 0.5) is 0 Å². The SMILES string of the molecule is Cc1ccc(S(=O)(=O)NN=Cc2cc(O)ccc2Br)cc1. The fourth-order valence-corrected chi connectivity index (χ4v) is 2.71. The molecule has 2 aromatic rings. The number of aromatic hydroxyl groups is 1. The number of rotatable bonds is 4. The van der Waals surface area contributed by atoms with Crippen LogP contribution in [0.2, 0.25) is 0 Å². The van der Waals surface area contributed by atoms with Gasteiger partial charge in [-0.15, -0.1) is 0 Å². The first-order chi connectivity index (χ1) is 9.88. The van der Waals surface area contributed by atoms with Gasteiger partial charge in [-0.1, -0.05) is 33.6 Å². The Morgan fingerprint density at radius 3 is 2.52 bits per heavy atom. The zero-order chi connectivity index (χ0) is 15.5. The first-order valence-corrected chi connectivity index (χ1v) is 8.26. The number of phenols is 1. The molecule has 110 valence electrons. The van der Waals surface area contributed by atoms with Crippen molar-refractivity contribution in [3.05, 3.63) is 58.1 Å². The minimum Gasteiger partial charge on any atom is -0.508 e. The summed E-state index contributed by atoms with van der Waals surface area (Å²) in [7, 11) is -3.70. The van der Waals surface area contributed by atoms with Crippen LogP contribution in [0.5, 0.6) is 5.75 Å². The van der Waals surface area contributed by atoms with Gasteiger partial charge in [-0.05, 0) is 37.3 Å². The van der Waals surface area contributed by atoms with Gasteiger partial charge in [0.2, 0.25) is 0 Å². The topological polar surface area (TPSA) is 78.8 Å². The second-order valence-corrected chi connectivity index (χ2v) is 6.89. The summed E-state index contributed by atoms with van der Waals surface area (Å²) in [5, 5.41) is 13.1. The number of hydrogen-bond donors (Lipinski definition) is 2. The van der Waals surface area contributed by atoms with Crippen LogP contribution in [0.1, 0.15) is 11.1 Å². The van der Waals surface area contributed by atoms with Gasteiger partial charge in [0.15, 0.2) is 0 Å². The molecule has 5 nitrogen and oxygen atoms in total. The number of aryl methyl sites for hydroxylation is 1. The molecule has 0 radical (unpaired) electrons. The van der Waals surface area contributed by atoms with Gasteiger partial charge < -0.3 is 5.11 Å². The third-order valence-corrected chi connectivity index (χ3v) is 4.65.